The van der Waals surface area contributed by atoms with Crippen LogP contribution in [0.2, 0.25) is 0 Å². The third kappa shape index (κ3) is 3.74. The van der Waals surface area contributed by atoms with Gasteiger partial charge in [-0.1, -0.05) is 28.1 Å². The molecule has 2 aromatic rings. The van der Waals surface area contributed by atoms with E-state index in [0.717, 1.165) is 28.1 Å². The molecule has 0 saturated carbocycles. The van der Waals surface area contributed by atoms with Crippen LogP contribution in [0.3, 0.4) is 0 Å². The van der Waals surface area contributed by atoms with Crippen LogP contribution in [0.5, 0.6) is 5.75 Å². The molecule has 0 radical (unpaired) electrons. The minimum absolute atomic E-state index is 0.524. The van der Waals surface area contributed by atoms with Crippen molar-refractivity contribution in [3.05, 3.63) is 52.6 Å². The van der Waals surface area contributed by atoms with E-state index >= 15 is 0 Å². The second kappa shape index (κ2) is 6.40. The number of benzene rings is 1. The number of hydrogen-bond acceptors (Lipinski definition) is 3. The Morgan fingerprint density at radius 2 is 2.17 bits per heavy atom. The van der Waals surface area contributed by atoms with Crippen LogP contribution < -0.4 is 10.1 Å². The van der Waals surface area contributed by atoms with Crippen molar-refractivity contribution in [1.82, 2.24) is 4.98 Å². The quantitative estimate of drug-likeness (QED) is 0.911. The number of pyridine rings is 1. The number of hydrogen-bond donors (Lipinski definition) is 1. The minimum atomic E-state index is 0.524. The first-order valence-corrected chi connectivity index (χ1v) is 6.64. The van der Waals surface area contributed by atoms with Crippen LogP contribution in [0, 0.1) is 0 Å². The van der Waals surface area contributed by atoms with Crippen molar-refractivity contribution in [1.29, 1.82) is 0 Å². The molecule has 0 atom stereocenters. The summed E-state index contributed by atoms with van der Waals surface area (Å²) in [6.07, 6.45) is 1.83. The standard InChI is InChI=1S/C14H15BrN2O/c1-2-16-14-7-6-11(9-17-14)10-18-13-5-3-4-12(15)8-13/h3-9H,2,10H2,1H3,(H,16,17). The summed E-state index contributed by atoms with van der Waals surface area (Å²) in [5.74, 6) is 1.74. The lowest BCUT2D eigenvalue weighted by Gasteiger charge is -2.07. The second-order valence-corrected chi connectivity index (χ2v) is 4.74. The molecular weight excluding hydrogens is 292 g/mol. The predicted molar refractivity (Wildman–Crippen MR) is 76.9 cm³/mol. The topological polar surface area (TPSA) is 34.1 Å². The smallest absolute Gasteiger partial charge is 0.125 e. The Morgan fingerprint density at radius 3 is 2.83 bits per heavy atom. The van der Waals surface area contributed by atoms with Crippen LogP contribution in [0.4, 0.5) is 5.82 Å². The van der Waals surface area contributed by atoms with Gasteiger partial charge in [0.25, 0.3) is 0 Å². The SMILES string of the molecule is CCNc1ccc(COc2cccc(Br)c2)cn1. The van der Waals surface area contributed by atoms with Crippen LogP contribution in [-0.2, 0) is 6.61 Å². The summed E-state index contributed by atoms with van der Waals surface area (Å²) in [7, 11) is 0. The van der Waals surface area contributed by atoms with Crippen molar-refractivity contribution in [2.75, 3.05) is 11.9 Å². The van der Waals surface area contributed by atoms with Gasteiger partial charge in [0.1, 0.15) is 18.2 Å². The maximum absolute atomic E-state index is 5.68. The molecule has 2 rings (SSSR count). The van der Waals surface area contributed by atoms with Crippen molar-refractivity contribution in [2.45, 2.75) is 13.5 Å². The van der Waals surface area contributed by atoms with E-state index in [1.54, 1.807) is 0 Å². The summed E-state index contributed by atoms with van der Waals surface area (Å²) in [4.78, 5) is 4.30. The molecular formula is C14H15BrN2O. The number of nitrogens with one attached hydrogen (secondary N) is 1. The monoisotopic (exact) mass is 306 g/mol. The van der Waals surface area contributed by atoms with E-state index < -0.39 is 0 Å². The molecule has 1 aromatic carbocycles. The van der Waals surface area contributed by atoms with Crippen molar-refractivity contribution in [2.24, 2.45) is 0 Å². The van der Waals surface area contributed by atoms with Gasteiger partial charge in [0.15, 0.2) is 0 Å². The van der Waals surface area contributed by atoms with Gasteiger partial charge in [-0.3, -0.25) is 0 Å². The summed E-state index contributed by atoms with van der Waals surface area (Å²) >= 11 is 3.41. The summed E-state index contributed by atoms with van der Waals surface area (Å²) < 4.78 is 6.70. The Balaban J connectivity index is 1.93. The summed E-state index contributed by atoms with van der Waals surface area (Å²) in [6.45, 7) is 3.45. The molecule has 1 aromatic heterocycles. The highest BCUT2D eigenvalue weighted by atomic mass is 79.9. The highest BCUT2D eigenvalue weighted by molar-refractivity contribution is 9.10. The highest BCUT2D eigenvalue weighted by Gasteiger charge is 1.98. The molecule has 0 fully saturated rings. The Kier molecular flexibility index (Phi) is 4.59. The van der Waals surface area contributed by atoms with Gasteiger partial charge >= 0.3 is 0 Å². The first kappa shape index (κ1) is 12.9. The van der Waals surface area contributed by atoms with E-state index in [2.05, 4.69) is 26.2 Å². The van der Waals surface area contributed by atoms with E-state index in [-0.39, 0.29) is 0 Å². The average molecular weight is 307 g/mol. The molecule has 0 saturated heterocycles. The first-order chi connectivity index (χ1) is 8.78. The molecule has 18 heavy (non-hydrogen) atoms. The summed E-state index contributed by atoms with van der Waals surface area (Å²) in [5.41, 5.74) is 1.05. The zero-order chi connectivity index (χ0) is 12.8. The lowest BCUT2D eigenvalue weighted by atomic mass is 10.3. The molecule has 1 N–H and O–H groups in total. The van der Waals surface area contributed by atoms with Gasteiger partial charge in [0.2, 0.25) is 0 Å². The second-order valence-electron chi connectivity index (χ2n) is 3.83. The summed E-state index contributed by atoms with van der Waals surface area (Å²) in [6, 6.07) is 11.8. The molecule has 1 heterocycles. The fourth-order valence-corrected chi connectivity index (χ4v) is 1.90. The van der Waals surface area contributed by atoms with Crippen molar-refractivity contribution in [3.63, 3.8) is 0 Å². The first-order valence-electron chi connectivity index (χ1n) is 5.85. The van der Waals surface area contributed by atoms with Gasteiger partial charge in [-0.15, -0.1) is 0 Å². The average Bonchev–Trinajstić information content (AvgIpc) is 2.38. The number of rotatable bonds is 5. The Labute approximate surface area is 115 Å². The third-order valence-corrected chi connectivity index (χ3v) is 2.88. The molecule has 0 amide bonds. The number of anilines is 1. The van der Waals surface area contributed by atoms with Crippen molar-refractivity contribution >= 4 is 21.7 Å². The van der Waals surface area contributed by atoms with Gasteiger partial charge in [0, 0.05) is 22.8 Å². The molecule has 0 bridgehead atoms. The largest absolute Gasteiger partial charge is 0.489 e. The van der Waals surface area contributed by atoms with Gasteiger partial charge in [-0.2, -0.15) is 0 Å². The van der Waals surface area contributed by atoms with Crippen LogP contribution in [0.1, 0.15) is 12.5 Å². The fourth-order valence-electron chi connectivity index (χ4n) is 1.52. The van der Waals surface area contributed by atoms with Gasteiger partial charge in [-0.25, -0.2) is 4.98 Å². The van der Waals surface area contributed by atoms with Crippen molar-refractivity contribution < 1.29 is 4.74 Å². The van der Waals surface area contributed by atoms with E-state index in [4.69, 9.17) is 4.74 Å². The molecule has 0 spiro atoms. The molecule has 3 nitrogen and oxygen atoms in total. The van der Waals surface area contributed by atoms with E-state index in [0.29, 0.717) is 6.61 Å². The number of ether oxygens (including phenoxy) is 1. The lowest BCUT2D eigenvalue weighted by molar-refractivity contribution is 0.305. The molecule has 0 aliphatic rings. The van der Waals surface area contributed by atoms with Crippen LogP contribution in [-0.4, -0.2) is 11.5 Å². The van der Waals surface area contributed by atoms with Gasteiger partial charge in [-0.05, 0) is 31.2 Å². The van der Waals surface area contributed by atoms with E-state index in [1.807, 2.05) is 49.5 Å². The van der Waals surface area contributed by atoms with Crippen molar-refractivity contribution in [3.8, 4) is 5.75 Å². The Morgan fingerprint density at radius 1 is 1.28 bits per heavy atom. The fraction of sp³-hybridized carbons (Fsp3) is 0.214. The Hall–Kier alpha value is -1.55. The lowest BCUT2D eigenvalue weighted by Crippen LogP contribution is -2.00. The Bertz CT molecular complexity index is 499. The zero-order valence-electron chi connectivity index (χ0n) is 10.2. The summed E-state index contributed by atoms with van der Waals surface area (Å²) in [5, 5.41) is 3.16. The van der Waals surface area contributed by atoms with E-state index in [1.165, 1.54) is 0 Å². The third-order valence-electron chi connectivity index (χ3n) is 2.38. The van der Waals surface area contributed by atoms with E-state index in [9.17, 15) is 0 Å². The molecule has 0 aliphatic heterocycles. The molecule has 94 valence electrons. The normalized spacial score (nSPS) is 10.1. The number of halogens is 1. The van der Waals surface area contributed by atoms with Gasteiger partial charge in [0.05, 0.1) is 0 Å². The van der Waals surface area contributed by atoms with Crippen LogP contribution in [0.15, 0.2) is 47.1 Å². The maximum Gasteiger partial charge on any atom is 0.125 e. The maximum atomic E-state index is 5.68. The zero-order valence-corrected chi connectivity index (χ0v) is 11.8. The minimum Gasteiger partial charge on any atom is -0.489 e. The molecule has 4 heteroatoms. The number of nitrogens with zero attached hydrogens (tertiary/aromatic N) is 1. The predicted octanol–water partition coefficient (Wildman–Crippen LogP) is 3.85. The molecule has 0 unspecified atom stereocenters. The highest BCUT2D eigenvalue weighted by Crippen LogP contribution is 2.18. The van der Waals surface area contributed by atoms with Crippen LogP contribution >= 0.6 is 15.9 Å². The van der Waals surface area contributed by atoms with Gasteiger partial charge < -0.3 is 10.1 Å². The van der Waals surface area contributed by atoms with Crippen LogP contribution in [0.25, 0.3) is 0 Å². The number of aromatic nitrogens is 1. The molecule has 0 aliphatic carbocycles.